The van der Waals surface area contributed by atoms with Crippen LogP contribution in [-0.4, -0.2) is 45.2 Å². The summed E-state index contributed by atoms with van der Waals surface area (Å²) in [7, 11) is -3.78. The van der Waals surface area contributed by atoms with Crippen LogP contribution in [0.1, 0.15) is 17.3 Å². The van der Waals surface area contributed by atoms with Gasteiger partial charge in [-0.2, -0.15) is 11.8 Å². The normalized spacial score (nSPS) is 11.0. The Balaban J connectivity index is 3.24. The van der Waals surface area contributed by atoms with Crippen molar-refractivity contribution in [3.8, 4) is 0 Å². The first-order valence-corrected chi connectivity index (χ1v) is 9.34. The highest BCUT2D eigenvalue weighted by atomic mass is 32.2. The largest absolute Gasteiger partial charge is 0.462 e. The number of nitrogens with zero attached hydrogens (tertiary/aromatic N) is 1. The first-order chi connectivity index (χ1) is 9.81. The van der Waals surface area contributed by atoms with E-state index >= 15 is 0 Å². The van der Waals surface area contributed by atoms with Gasteiger partial charge < -0.3 is 4.74 Å². The van der Waals surface area contributed by atoms with Crippen LogP contribution in [0.5, 0.6) is 0 Å². The number of hydrogen-bond acceptors (Lipinski definition) is 6. The van der Waals surface area contributed by atoms with Crippen LogP contribution in [0.15, 0.2) is 24.3 Å². The predicted octanol–water partition coefficient (Wildman–Crippen LogP) is 1.52. The Hall–Kier alpha value is -1.54. The van der Waals surface area contributed by atoms with Gasteiger partial charge >= 0.3 is 5.97 Å². The highest BCUT2D eigenvalue weighted by molar-refractivity contribution is 7.99. The molecule has 0 aliphatic carbocycles. The van der Waals surface area contributed by atoms with Gasteiger partial charge in [0.2, 0.25) is 10.0 Å². The molecule has 0 saturated carbocycles. The molecule has 0 saturated heterocycles. The summed E-state index contributed by atoms with van der Waals surface area (Å²) in [6.45, 7) is 1.89. The van der Waals surface area contributed by atoms with E-state index in [2.05, 4.69) is 0 Å². The summed E-state index contributed by atoms with van der Waals surface area (Å²) in [5.74, 6) is -1.10. The fraction of sp³-hybridized carbons (Fsp3) is 0.385. The molecule has 0 radical (unpaired) electrons. The van der Waals surface area contributed by atoms with E-state index in [9.17, 15) is 18.0 Å². The van der Waals surface area contributed by atoms with E-state index in [4.69, 9.17) is 4.74 Å². The van der Waals surface area contributed by atoms with Crippen LogP contribution in [0.25, 0.3) is 0 Å². The van der Waals surface area contributed by atoms with Crippen molar-refractivity contribution >= 4 is 39.3 Å². The fourth-order valence-corrected chi connectivity index (χ4v) is 3.06. The SMILES string of the molecule is CCOC(=O)c1cccc(N(C(=O)CSC)S(C)(=O)=O)c1. The van der Waals surface area contributed by atoms with E-state index in [1.807, 2.05) is 0 Å². The van der Waals surface area contributed by atoms with Gasteiger partial charge in [0.1, 0.15) is 0 Å². The summed E-state index contributed by atoms with van der Waals surface area (Å²) in [6.07, 6.45) is 2.65. The Labute approximate surface area is 128 Å². The molecule has 21 heavy (non-hydrogen) atoms. The molecule has 1 rings (SSSR count). The molecule has 0 heterocycles. The number of esters is 1. The molecule has 0 atom stereocenters. The Bertz CT molecular complexity index is 627. The smallest absolute Gasteiger partial charge is 0.338 e. The lowest BCUT2D eigenvalue weighted by atomic mass is 10.2. The maximum absolute atomic E-state index is 12.0. The Morgan fingerprint density at radius 3 is 2.52 bits per heavy atom. The van der Waals surface area contributed by atoms with Crippen molar-refractivity contribution in [1.82, 2.24) is 0 Å². The van der Waals surface area contributed by atoms with Gasteiger partial charge in [-0.05, 0) is 31.4 Å². The molecule has 0 fully saturated rings. The van der Waals surface area contributed by atoms with E-state index in [-0.39, 0.29) is 23.6 Å². The summed E-state index contributed by atoms with van der Waals surface area (Å²) in [6, 6.07) is 5.80. The molecule has 0 aliphatic heterocycles. The molecule has 1 amide bonds. The third-order valence-corrected chi connectivity index (χ3v) is 4.03. The minimum absolute atomic E-state index is 0.0245. The van der Waals surface area contributed by atoms with E-state index in [1.165, 1.54) is 36.0 Å². The van der Waals surface area contributed by atoms with Crippen LogP contribution in [0.3, 0.4) is 0 Å². The molecular weight excluding hydrogens is 314 g/mol. The number of hydrogen-bond donors (Lipinski definition) is 0. The van der Waals surface area contributed by atoms with Gasteiger partial charge in [0.05, 0.1) is 29.9 Å². The van der Waals surface area contributed by atoms with Crippen molar-refractivity contribution in [2.24, 2.45) is 0 Å². The lowest BCUT2D eigenvalue weighted by molar-refractivity contribution is -0.115. The second kappa shape index (κ2) is 7.46. The average molecular weight is 331 g/mol. The number of carbonyl (C=O) groups excluding carboxylic acids is 2. The molecule has 1 aromatic carbocycles. The third-order valence-electron chi connectivity index (χ3n) is 2.42. The number of thioether (sulfide) groups is 1. The molecule has 116 valence electrons. The second-order valence-corrected chi connectivity index (χ2v) is 6.82. The summed E-state index contributed by atoms with van der Waals surface area (Å²) in [5, 5.41) is 0. The van der Waals surface area contributed by atoms with Crippen molar-refractivity contribution in [3.05, 3.63) is 29.8 Å². The summed E-state index contributed by atoms with van der Waals surface area (Å²) in [4.78, 5) is 23.7. The highest BCUT2D eigenvalue weighted by Gasteiger charge is 2.25. The predicted molar refractivity (Wildman–Crippen MR) is 83.1 cm³/mol. The van der Waals surface area contributed by atoms with E-state index in [0.29, 0.717) is 4.31 Å². The second-order valence-electron chi connectivity index (χ2n) is 4.12. The van der Waals surface area contributed by atoms with E-state index in [1.54, 1.807) is 13.2 Å². The molecule has 1 aromatic rings. The standard InChI is InChI=1S/C13H17NO5S2/c1-4-19-13(16)10-6-5-7-11(8-10)14(21(3,17)18)12(15)9-20-2/h5-8H,4,9H2,1-3H3. The zero-order chi connectivity index (χ0) is 16.0. The zero-order valence-electron chi connectivity index (χ0n) is 12.0. The van der Waals surface area contributed by atoms with Crippen molar-refractivity contribution in [2.45, 2.75) is 6.92 Å². The minimum atomic E-state index is -3.78. The summed E-state index contributed by atoms with van der Waals surface area (Å²) >= 11 is 1.22. The maximum Gasteiger partial charge on any atom is 0.338 e. The lowest BCUT2D eigenvalue weighted by Crippen LogP contribution is -2.37. The van der Waals surface area contributed by atoms with Crippen molar-refractivity contribution in [3.63, 3.8) is 0 Å². The van der Waals surface area contributed by atoms with Gasteiger partial charge in [0.15, 0.2) is 0 Å². The Morgan fingerprint density at radius 2 is 2.00 bits per heavy atom. The number of carbonyl (C=O) groups is 2. The molecule has 0 bridgehead atoms. The van der Waals surface area contributed by atoms with Crippen LogP contribution in [0.4, 0.5) is 5.69 Å². The monoisotopic (exact) mass is 331 g/mol. The van der Waals surface area contributed by atoms with E-state index < -0.39 is 21.9 Å². The number of rotatable bonds is 6. The number of ether oxygens (including phenoxy) is 1. The van der Waals surface area contributed by atoms with Crippen molar-refractivity contribution in [1.29, 1.82) is 0 Å². The minimum Gasteiger partial charge on any atom is -0.462 e. The van der Waals surface area contributed by atoms with Crippen LogP contribution >= 0.6 is 11.8 Å². The van der Waals surface area contributed by atoms with Gasteiger partial charge in [-0.3, -0.25) is 4.79 Å². The topological polar surface area (TPSA) is 80.8 Å². The first kappa shape index (κ1) is 17.5. The van der Waals surface area contributed by atoms with Crippen LogP contribution in [0, 0.1) is 0 Å². The lowest BCUT2D eigenvalue weighted by Gasteiger charge is -2.20. The van der Waals surface area contributed by atoms with Crippen molar-refractivity contribution in [2.75, 3.05) is 29.2 Å². The molecular formula is C13H17NO5S2. The van der Waals surface area contributed by atoms with Crippen LogP contribution in [0.2, 0.25) is 0 Å². The van der Waals surface area contributed by atoms with Crippen LogP contribution < -0.4 is 4.31 Å². The average Bonchev–Trinajstić information content (AvgIpc) is 2.38. The zero-order valence-corrected chi connectivity index (χ0v) is 13.7. The first-order valence-electron chi connectivity index (χ1n) is 6.10. The summed E-state index contributed by atoms with van der Waals surface area (Å²) in [5.41, 5.74) is 0.321. The van der Waals surface area contributed by atoms with Gasteiger partial charge in [-0.15, -0.1) is 0 Å². The molecule has 0 N–H and O–H groups in total. The molecule has 0 unspecified atom stereocenters. The fourth-order valence-electron chi connectivity index (χ4n) is 1.68. The number of benzene rings is 1. The van der Waals surface area contributed by atoms with Crippen molar-refractivity contribution < 1.29 is 22.7 Å². The third kappa shape index (κ3) is 4.75. The van der Waals surface area contributed by atoms with Gasteiger partial charge in [-0.25, -0.2) is 17.5 Å². The Morgan fingerprint density at radius 1 is 1.33 bits per heavy atom. The molecule has 0 aliphatic rings. The Kier molecular flexibility index (Phi) is 6.22. The highest BCUT2D eigenvalue weighted by Crippen LogP contribution is 2.21. The molecule has 0 aromatic heterocycles. The molecule has 6 nitrogen and oxygen atoms in total. The van der Waals surface area contributed by atoms with Crippen LogP contribution in [-0.2, 0) is 19.6 Å². The number of amides is 1. The van der Waals surface area contributed by atoms with Gasteiger partial charge in [0.25, 0.3) is 5.91 Å². The number of sulfonamides is 1. The van der Waals surface area contributed by atoms with E-state index in [0.717, 1.165) is 6.26 Å². The van der Waals surface area contributed by atoms with Gasteiger partial charge in [0, 0.05) is 0 Å². The molecule has 0 spiro atoms. The number of anilines is 1. The molecule has 8 heteroatoms. The van der Waals surface area contributed by atoms with Gasteiger partial charge in [-0.1, -0.05) is 6.07 Å². The summed E-state index contributed by atoms with van der Waals surface area (Å²) < 4.78 is 29.2. The maximum atomic E-state index is 12.0. The quantitative estimate of drug-likeness (QED) is 0.735.